The Bertz CT molecular complexity index is 263. The predicted molar refractivity (Wildman–Crippen MR) is 87.2 cm³/mol. The van der Waals surface area contributed by atoms with Crippen LogP contribution in [0.5, 0.6) is 0 Å². The van der Waals surface area contributed by atoms with Crippen LogP contribution in [0.2, 0.25) is 0 Å². The summed E-state index contributed by atoms with van der Waals surface area (Å²) in [4.78, 5) is 5.04. The van der Waals surface area contributed by atoms with E-state index in [-0.39, 0.29) is 0 Å². The summed E-state index contributed by atoms with van der Waals surface area (Å²) in [6.45, 7) is 13.4. The molecule has 20 heavy (non-hydrogen) atoms. The van der Waals surface area contributed by atoms with Crippen molar-refractivity contribution in [1.29, 1.82) is 0 Å². The van der Waals surface area contributed by atoms with E-state index in [0.29, 0.717) is 5.41 Å². The van der Waals surface area contributed by atoms with Gasteiger partial charge in [-0.1, -0.05) is 26.7 Å². The van der Waals surface area contributed by atoms with E-state index in [2.05, 4.69) is 36.0 Å². The molecule has 2 aliphatic rings. The summed E-state index contributed by atoms with van der Waals surface area (Å²) in [6, 6.07) is 0. The molecule has 0 aromatic heterocycles. The van der Waals surface area contributed by atoms with Gasteiger partial charge in [0.2, 0.25) is 0 Å². The van der Waals surface area contributed by atoms with E-state index in [1.165, 1.54) is 77.9 Å². The monoisotopic (exact) mass is 281 g/mol. The predicted octanol–water partition coefficient (Wildman–Crippen LogP) is 2.43. The fourth-order valence-electron chi connectivity index (χ4n) is 4.11. The molecule has 0 atom stereocenters. The molecule has 0 aromatic rings. The highest BCUT2D eigenvalue weighted by atomic mass is 15.2. The van der Waals surface area contributed by atoms with Crippen molar-refractivity contribution in [1.82, 2.24) is 15.1 Å². The summed E-state index contributed by atoms with van der Waals surface area (Å²) in [6.07, 6.45) is 7.22. The molecule has 118 valence electrons. The van der Waals surface area contributed by atoms with Gasteiger partial charge in [-0.15, -0.1) is 0 Å². The van der Waals surface area contributed by atoms with Crippen LogP contribution < -0.4 is 5.32 Å². The zero-order valence-electron chi connectivity index (χ0n) is 14.0. The third kappa shape index (κ3) is 5.01. The molecule has 1 N–H and O–H groups in total. The third-order valence-electron chi connectivity index (χ3n) is 5.21. The summed E-state index contributed by atoms with van der Waals surface area (Å²) in [7, 11) is 2.23. The molecule has 0 unspecified atom stereocenters. The highest BCUT2D eigenvalue weighted by Gasteiger charge is 2.33. The van der Waals surface area contributed by atoms with Gasteiger partial charge in [0.15, 0.2) is 0 Å². The quantitative estimate of drug-likeness (QED) is 0.723. The van der Waals surface area contributed by atoms with Crippen LogP contribution in [0, 0.1) is 11.3 Å². The average Bonchev–Trinajstić information content (AvgIpc) is 2.85. The lowest BCUT2D eigenvalue weighted by atomic mass is 9.78. The van der Waals surface area contributed by atoms with E-state index in [1.54, 1.807) is 0 Å². The zero-order valence-corrected chi connectivity index (χ0v) is 14.0. The summed E-state index contributed by atoms with van der Waals surface area (Å²) < 4.78 is 0. The van der Waals surface area contributed by atoms with E-state index in [0.717, 1.165) is 5.92 Å². The van der Waals surface area contributed by atoms with Crippen molar-refractivity contribution in [2.75, 3.05) is 52.9 Å². The van der Waals surface area contributed by atoms with Gasteiger partial charge in [-0.05, 0) is 37.6 Å². The van der Waals surface area contributed by atoms with Crippen LogP contribution in [-0.4, -0.2) is 62.7 Å². The third-order valence-corrected chi connectivity index (χ3v) is 5.21. The highest BCUT2D eigenvalue weighted by Crippen LogP contribution is 2.42. The normalized spacial score (nSPS) is 24.6. The fraction of sp³-hybridized carbons (Fsp3) is 1.00. The lowest BCUT2D eigenvalue weighted by Gasteiger charge is -2.34. The Hall–Kier alpha value is -0.120. The number of rotatable bonds is 7. The Morgan fingerprint density at radius 3 is 2.30 bits per heavy atom. The Morgan fingerprint density at radius 2 is 1.70 bits per heavy atom. The Morgan fingerprint density at radius 1 is 1.05 bits per heavy atom. The maximum Gasteiger partial charge on any atom is 0.0110 e. The second kappa shape index (κ2) is 7.77. The zero-order chi connectivity index (χ0) is 14.4. The summed E-state index contributed by atoms with van der Waals surface area (Å²) in [5.41, 5.74) is 0.621. The Kier molecular flexibility index (Phi) is 6.31. The molecule has 3 nitrogen and oxygen atoms in total. The van der Waals surface area contributed by atoms with Crippen molar-refractivity contribution in [2.24, 2.45) is 11.3 Å². The highest BCUT2D eigenvalue weighted by molar-refractivity contribution is 4.87. The number of hydrogen-bond donors (Lipinski definition) is 1. The van der Waals surface area contributed by atoms with Gasteiger partial charge in [0.1, 0.15) is 0 Å². The van der Waals surface area contributed by atoms with Gasteiger partial charge >= 0.3 is 0 Å². The van der Waals surface area contributed by atoms with E-state index < -0.39 is 0 Å². The molecule has 2 rings (SSSR count). The Balaban J connectivity index is 1.63. The van der Waals surface area contributed by atoms with Gasteiger partial charge < -0.3 is 10.2 Å². The standard InChI is InChI=1S/C17H35N3/c1-16(2)14-17(6-4-5-7-17)15-18-8-9-20-12-10-19(3)11-13-20/h16,18H,4-15H2,1-3H3. The minimum absolute atomic E-state index is 0.621. The van der Waals surface area contributed by atoms with Gasteiger partial charge in [0.25, 0.3) is 0 Å². The van der Waals surface area contributed by atoms with Crippen LogP contribution in [-0.2, 0) is 0 Å². The van der Waals surface area contributed by atoms with Crippen molar-refractivity contribution in [3.05, 3.63) is 0 Å². The van der Waals surface area contributed by atoms with Crippen molar-refractivity contribution >= 4 is 0 Å². The molecule has 0 aromatic carbocycles. The van der Waals surface area contributed by atoms with Gasteiger partial charge in [-0.25, -0.2) is 0 Å². The van der Waals surface area contributed by atoms with E-state index in [9.17, 15) is 0 Å². The SMILES string of the molecule is CC(C)CC1(CNCCN2CCN(C)CC2)CCCC1. The van der Waals surface area contributed by atoms with Crippen LogP contribution >= 0.6 is 0 Å². The largest absolute Gasteiger partial charge is 0.315 e. The van der Waals surface area contributed by atoms with Crippen LogP contribution in [0.1, 0.15) is 46.0 Å². The van der Waals surface area contributed by atoms with Crippen LogP contribution in [0.15, 0.2) is 0 Å². The van der Waals surface area contributed by atoms with Crippen LogP contribution in [0.25, 0.3) is 0 Å². The van der Waals surface area contributed by atoms with Crippen molar-refractivity contribution < 1.29 is 0 Å². The summed E-state index contributed by atoms with van der Waals surface area (Å²) in [5.74, 6) is 0.840. The first kappa shape index (κ1) is 16.3. The average molecular weight is 281 g/mol. The molecule has 3 heteroatoms. The van der Waals surface area contributed by atoms with Gasteiger partial charge in [-0.2, -0.15) is 0 Å². The molecule has 1 saturated carbocycles. The molecule has 1 saturated heterocycles. The van der Waals surface area contributed by atoms with E-state index >= 15 is 0 Å². The minimum Gasteiger partial charge on any atom is -0.315 e. The van der Waals surface area contributed by atoms with Crippen molar-refractivity contribution in [3.63, 3.8) is 0 Å². The topological polar surface area (TPSA) is 18.5 Å². The van der Waals surface area contributed by atoms with Crippen molar-refractivity contribution in [2.45, 2.75) is 46.0 Å². The number of likely N-dealkylation sites (N-methyl/N-ethyl adjacent to an activating group) is 1. The molecule has 0 bridgehead atoms. The molecule has 2 fully saturated rings. The minimum atomic E-state index is 0.621. The molecule has 0 amide bonds. The second-order valence-corrected chi connectivity index (χ2v) is 7.63. The van der Waals surface area contributed by atoms with Gasteiger partial charge in [-0.3, -0.25) is 4.90 Å². The fourth-order valence-corrected chi connectivity index (χ4v) is 4.11. The molecule has 0 spiro atoms. The van der Waals surface area contributed by atoms with Crippen LogP contribution in [0.3, 0.4) is 0 Å². The molecular formula is C17H35N3. The summed E-state index contributed by atoms with van der Waals surface area (Å²) in [5, 5.41) is 3.78. The van der Waals surface area contributed by atoms with Gasteiger partial charge in [0, 0.05) is 45.8 Å². The second-order valence-electron chi connectivity index (χ2n) is 7.63. The lowest BCUT2D eigenvalue weighted by molar-refractivity contribution is 0.151. The maximum atomic E-state index is 3.78. The lowest BCUT2D eigenvalue weighted by Crippen LogP contribution is -2.47. The number of piperazine rings is 1. The molecular weight excluding hydrogens is 246 g/mol. The van der Waals surface area contributed by atoms with E-state index in [1.807, 2.05) is 0 Å². The first-order valence-electron chi connectivity index (χ1n) is 8.71. The van der Waals surface area contributed by atoms with Crippen molar-refractivity contribution in [3.8, 4) is 0 Å². The first-order valence-corrected chi connectivity index (χ1v) is 8.71. The van der Waals surface area contributed by atoms with Crippen LogP contribution in [0.4, 0.5) is 0 Å². The molecule has 1 heterocycles. The Labute approximate surface area is 126 Å². The summed E-state index contributed by atoms with van der Waals surface area (Å²) >= 11 is 0. The first-order chi connectivity index (χ1) is 9.60. The number of nitrogens with one attached hydrogen (secondary N) is 1. The smallest absolute Gasteiger partial charge is 0.0110 e. The maximum absolute atomic E-state index is 3.78. The number of nitrogens with zero attached hydrogens (tertiary/aromatic N) is 2. The molecule has 1 aliphatic heterocycles. The molecule has 0 radical (unpaired) electrons. The van der Waals surface area contributed by atoms with E-state index in [4.69, 9.17) is 0 Å². The molecule has 1 aliphatic carbocycles. The number of hydrogen-bond acceptors (Lipinski definition) is 3. The van der Waals surface area contributed by atoms with Gasteiger partial charge in [0.05, 0.1) is 0 Å².